The van der Waals surface area contributed by atoms with E-state index in [-0.39, 0.29) is 24.4 Å². The lowest BCUT2D eigenvalue weighted by atomic mass is 9.79. The van der Waals surface area contributed by atoms with Crippen LogP contribution in [0.5, 0.6) is 5.75 Å². The van der Waals surface area contributed by atoms with E-state index in [1.54, 1.807) is 77.7 Å². The van der Waals surface area contributed by atoms with E-state index in [0.717, 1.165) is 0 Å². The molecule has 13 heteroatoms. The Labute approximate surface area is 340 Å². The summed E-state index contributed by atoms with van der Waals surface area (Å²) in [6, 6.07) is 45.7. The van der Waals surface area contributed by atoms with Gasteiger partial charge in [-0.05, 0) is 69.3 Å². The highest BCUT2D eigenvalue weighted by Crippen LogP contribution is 2.48. The molecule has 2 amide bonds. The minimum Gasteiger partial charge on any atom is -0.406 e. The fraction of sp³-hybridized carbons (Fsp3) is 0.111. The van der Waals surface area contributed by atoms with E-state index in [2.05, 4.69) is 20.7 Å². The zero-order valence-electron chi connectivity index (χ0n) is 30.8. The van der Waals surface area contributed by atoms with Gasteiger partial charge < -0.3 is 10.5 Å². The molecule has 2 heterocycles. The molecule has 0 aromatic heterocycles. The van der Waals surface area contributed by atoms with Crippen molar-refractivity contribution in [2.45, 2.75) is 24.0 Å². The summed E-state index contributed by atoms with van der Waals surface area (Å²) in [6.07, 6.45) is -4.91. The molecule has 1 atom stereocenters. The van der Waals surface area contributed by atoms with Crippen LogP contribution in [0.1, 0.15) is 27.8 Å². The molecule has 0 saturated carbocycles. The van der Waals surface area contributed by atoms with Crippen molar-refractivity contribution in [3.8, 4) is 16.9 Å². The fourth-order valence-electron chi connectivity index (χ4n) is 7.90. The number of hydrogen-bond acceptors (Lipinski definition) is 6. The van der Waals surface area contributed by atoms with Crippen LogP contribution in [0.4, 0.5) is 18.9 Å². The van der Waals surface area contributed by atoms with Crippen LogP contribution in [0, 0.1) is 5.41 Å². The number of nitrogens with one attached hydrogen (secondary N) is 1. The molecule has 0 bridgehead atoms. The molecule has 290 valence electrons. The number of guanidine groups is 2. The first-order valence-corrected chi connectivity index (χ1v) is 18.9. The van der Waals surface area contributed by atoms with Gasteiger partial charge in [0, 0.05) is 11.5 Å². The van der Waals surface area contributed by atoms with Crippen LogP contribution >= 0.6 is 15.9 Å². The number of benzene rings is 6. The van der Waals surface area contributed by atoms with Crippen LogP contribution < -0.4 is 15.4 Å². The van der Waals surface area contributed by atoms with Gasteiger partial charge in [-0.15, -0.1) is 13.2 Å². The van der Waals surface area contributed by atoms with E-state index >= 15 is 0 Å². The predicted molar refractivity (Wildman–Crippen MR) is 219 cm³/mol. The summed E-state index contributed by atoms with van der Waals surface area (Å²) in [4.78, 5) is 39.0. The highest BCUT2D eigenvalue weighted by atomic mass is 79.9. The van der Waals surface area contributed by atoms with Gasteiger partial charge in [0.2, 0.25) is 5.96 Å². The van der Waals surface area contributed by atoms with Gasteiger partial charge in [-0.25, -0.2) is 4.99 Å². The van der Waals surface area contributed by atoms with Crippen LogP contribution in [0.2, 0.25) is 0 Å². The Morgan fingerprint density at radius 2 is 1.28 bits per heavy atom. The van der Waals surface area contributed by atoms with Crippen LogP contribution in [-0.2, 0) is 27.2 Å². The Morgan fingerprint density at radius 3 is 1.90 bits per heavy atom. The molecule has 1 fully saturated rings. The van der Waals surface area contributed by atoms with E-state index in [9.17, 15) is 28.2 Å². The van der Waals surface area contributed by atoms with Crippen molar-refractivity contribution in [2.75, 3.05) is 11.9 Å². The monoisotopic (exact) mass is 842 g/mol. The third-order valence-corrected chi connectivity index (χ3v) is 10.9. The Kier molecular flexibility index (Phi) is 9.64. The summed E-state index contributed by atoms with van der Waals surface area (Å²) in [5.41, 5.74) is 7.67. The quantitative estimate of drug-likeness (QED) is 0.151. The second kappa shape index (κ2) is 14.6. The number of aliphatic imine (C=N–C) groups is 1. The molecular weight excluding hydrogens is 809 g/mol. The maximum Gasteiger partial charge on any atom is 0.573 e. The number of carbonyl (C=O) groups excluding carboxylic acids is 2. The maximum absolute atomic E-state index is 15.0. The number of nitrogens with zero attached hydrogens (tertiary/aromatic N) is 4. The molecular formula is C45H34BrF3N6O3. The van der Waals surface area contributed by atoms with Crippen LogP contribution in [0.25, 0.3) is 11.1 Å². The van der Waals surface area contributed by atoms with Gasteiger partial charge in [0.15, 0.2) is 17.0 Å². The van der Waals surface area contributed by atoms with Crippen molar-refractivity contribution in [3.05, 3.63) is 190 Å². The van der Waals surface area contributed by atoms with Gasteiger partial charge in [0.25, 0.3) is 11.8 Å². The number of nitrogens with two attached hydrogens (primary N) is 1. The molecule has 9 nitrogen and oxygen atoms in total. The molecule has 6 aromatic rings. The first-order chi connectivity index (χ1) is 27.8. The molecule has 1 unspecified atom stereocenters. The van der Waals surface area contributed by atoms with Gasteiger partial charge >= 0.3 is 6.36 Å². The summed E-state index contributed by atoms with van der Waals surface area (Å²) in [5.74, 6) is -1.38. The Bertz CT molecular complexity index is 2550. The van der Waals surface area contributed by atoms with Crippen LogP contribution in [-0.4, -0.2) is 46.9 Å². The minimum atomic E-state index is -4.91. The number of likely N-dealkylation sites (N-methyl/N-ethyl adjacent to an activating group) is 1. The molecule has 8 rings (SSSR count). The molecule has 6 aromatic carbocycles. The summed E-state index contributed by atoms with van der Waals surface area (Å²) >= 11 is 3.31. The van der Waals surface area contributed by atoms with Crippen molar-refractivity contribution in [3.63, 3.8) is 0 Å². The Morgan fingerprint density at radius 1 is 0.707 bits per heavy atom. The summed E-state index contributed by atoms with van der Waals surface area (Å²) in [7, 11) is 1.52. The summed E-state index contributed by atoms with van der Waals surface area (Å²) in [6.45, 7) is -0.0572. The second-order valence-corrected chi connectivity index (χ2v) is 14.8. The highest BCUT2D eigenvalue weighted by Gasteiger charge is 2.58. The standard InChI is InChI=1S/C45H34BrF3N6O3/c1-53-40(57)44(34-20-9-4-10-21-34,35-22-13-15-29(24-35)31-25-36(46)27-37(26-31)58-45(47,48)49)55(42(53)51)38-23-12-11-14-30(38)28-54-39(56)43(52-41(54)50,32-16-5-2-6-17-32)33-18-7-3-8-19-33/h2-27,51H,28H2,1H3,(H2,50,52). The number of amides is 2. The van der Waals surface area contributed by atoms with Gasteiger partial charge in [-0.2, -0.15) is 0 Å². The van der Waals surface area contributed by atoms with Crippen molar-refractivity contribution >= 4 is 45.4 Å². The lowest BCUT2D eigenvalue weighted by Gasteiger charge is -2.38. The van der Waals surface area contributed by atoms with Gasteiger partial charge in [0.05, 0.1) is 12.2 Å². The largest absolute Gasteiger partial charge is 0.573 e. The van der Waals surface area contributed by atoms with E-state index < -0.39 is 29.1 Å². The first kappa shape index (κ1) is 38.2. The van der Waals surface area contributed by atoms with Crippen molar-refractivity contribution in [1.29, 1.82) is 5.41 Å². The van der Waals surface area contributed by atoms with Gasteiger partial charge in [-0.3, -0.25) is 29.7 Å². The van der Waals surface area contributed by atoms with Crippen molar-refractivity contribution in [1.82, 2.24) is 9.80 Å². The number of para-hydroxylation sites is 1. The number of alkyl halides is 3. The second-order valence-electron chi connectivity index (χ2n) is 13.8. The van der Waals surface area contributed by atoms with Gasteiger partial charge in [-0.1, -0.05) is 143 Å². The van der Waals surface area contributed by atoms with Crippen LogP contribution in [0.3, 0.4) is 0 Å². The highest BCUT2D eigenvalue weighted by molar-refractivity contribution is 9.10. The number of anilines is 1. The molecule has 0 spiro atoms. The SMILES string of the molecule is CN1C(=N)N(c2ccccc2CN2C(=O)C(c3ccccc3)(c3ccccc3)N=C2N)C(c2ccccc2)(c2cccc(-c3cc(Br)cc(OC(F)(F)F)c3)c2)C1=O. The zero-order chi connectivity index (χ0) is 40.8. The summed E-state index contributed by atoms with van der Waals surface area (Å²) in [5, 5.41) is 9.51. The van der Waals surface area contributed by atoms with Crippen molar-refractivity contribution < 1.29 is 27.5 Å². The molecule has 1 saturated heterocycles. The number of carbonyl (C=O) groups is 2. The Balaban J connectivity index is 1.27. The predicted octanol–water partition coefficient (Wildman–Crippen LogP) is 8.77. The summed E-state index contributed by atoms with van der Waals surface area (Å²) < 4.78 is 44.5. The lowest BCUT2D eigenvalue weighted by Crippen LogP contribution is -2.49. The molecule has 58 heavy (non-hydrogen) atoms. The minimum absolute atomic E-state index is 0.00196. The third kappa shape index (κ3) is 6.37. The zero-order valence-corrected chi connectivity index (χ0v) is 32.4. The number of halogens is 4. The molecule has 2 aliphatic rings. The third-order valence-electron chi connectivity index (χ3n) is 10.4. The lowest BCUT2D eigenvalue weighted by molar-refractivity contribution is -0.274. The fourth-order valence-corrected chi connectivity index (χ4v) is 8.37. The molecule has 2 aliphatic heterocycles. The molecule has 0 radical (unpaired) electrons. The first-order valence-electron chi connectivity index (χ1n) is 18.1. The topological polar surface area (TPSA) is 115 Å². The average Bonchev–Trinajstić information content (AvgIpc) is 3.59. The number of hydrogen-bond donors (Lipinski definition) is 2. The smallest absolute Gasteiger partial charge is 0.406 e. The van der Waals surface area contributed by atoms with E-state index in [1.165, 1.54) is 29.0 Å². The van der Waals surface area contributed by atoms with Gasteiger partial charge in [0.1, 0.15) is 5.75 Å². The van der Waals surface area contributed by atoms with E-state index in [4.69, 9.17) is 10.7 Å². The normalized spacial score (nSPS) is 17.8. The number of rotatable bonds is 9. The van der Waals surface area contributed by atoms with Crippen LogP contribution in [0.15, 0.2) is 167 Å². The number of ether oxygens (including phenoxy) is 1. The Hall–Kier alpha value is -6.73. The average molecular weight is 844 g/mol. The van der Waals surface area contributed by atoms with Crippen molar-refractivity contribution in [2.24, 2.45) is 10.7 Å². The van der Waals surface area contributed by atoms with E-state index in [1.807, 2.05) is 72.8 Å². The maximum atomic E-state index is 15.0. The molecule has 3 N–H and O–H groups in total. The molecule has 0 aliphatic carbocycles. The van der Waals surface area contributed by atoms with E-state index in [0.29, 0.717) is 49.1 Å².